The minimum Gasteiger partial charge on any atom is -0.342 e. The van der Waals surface area contributed by atoms with Gasteiger partial charge in [-0.2, -0.15) is 0 Å². The molecule has 1 amide bonds. The van der Waals surface area contributed by atoms with Crippen molar-refractivity contribution in [2.45, 2.75) is 57.5 Å². The molecule has 6 heteroatoms. The second-order valence-corrected chi connectivity index (χ2v) is 8.67. The van der Waals surface area contributed by atoms with Crippen LogP contribution in [-0.2, 0) is 4.79 Å². The second-order valence-electron chi connectivity index (χ2n) is 8.67. The number of rotatable bonds is 5. The van der Waals surface area contributed by atoms with Crippen LogP contribution in [0.2, 0.25) is 0 Å². The van der Waals surface area contributed by atoms with Crippen molar-refractivity contribution in [3.05, 3.63) is 35.6 Å². The van der Waals surface area contributed by atoms with Crippen LogP contribution in [0.3, 0.4) is 0 Å². The van der Waals surface area contributed by atoms with Crippen LogP contribution < -0.4 is 5.32 Å². The van der Waals surface area contributed by atoms with Crippen LogP contribution in [0.25, 0.3) is 0 Å². The number of hydrogen-bond donors (Lipinski definition) is 1. The molecule has 0 saturated carbocycles. The number of nitrogens with one attached hydrogen (secondary N) is 1. The molecule has 2 heterocycles. The van der Waals surface area contributed by atoms with E-state index < -0.39 is 5.54 Å². The Labute approximate surface area is 160 Å². The number of piperidine rings is 1. The van der Waals surface area contributed by atoms with Crippen molar-refractivity contribution in [1.82, 2.24) is 15.1 Å². The van der Waals surface area contributed by atoms with E-state index in [1.54, 1.807) is 12.1 Å². The first-order chi connectivity index (χ1) is 12.7. The van der Waals surface area contributed by atoms with Crippen molar-refractivity contribution in [3.63, 3.8) is 0 Å². The van der Waals surface area contributed by atoms with Crippen LogP contribution in [0, 0.1) is 5.82 Å². The molecule has 3 rings (SSSR count). The third kappa shape index (κ3) is 4.22. The quantitative estimate of drug-likeness (QED) is 0.804. The summed E-state index contributed by atoms with van der Waals surface area (Å²) in [5, 5.41) is 3.03. The van der Waals surface area contributed by atoms with Gasteiger partial charge in [-0.15, -0.1) is 0 Å². The van der Waals surface area contributed by atoms with Crippen LogP contribution >= 0.6 is 0 Å². The number of carbonyl (C=O) groups excluding carboxylic acids is 2. The predicted octanol–water partition coefficient (Wildman–Crippen LogP) is 2.81. The molecule has 0 radical (unpaired) electrons. The fraction of sp³-hybridized carbons (Fsp3) is 0.619. The van der Waals surface area contributed by atoms with E-state index in [1.165, 1.54) is 12.1 Å². The minimum atomic E-state index is -0.390. The van der Waals surface area contributed by atoms with E-state index in [-0.39, 0.29) is 23.0 Å². The molecule has 5 nitrogen and oxygen atoms in total. The fourth-order valence-electron chi connectivity index (χ4n) is 4.36. The molecule has 2 aliphatic heterocycles. The average molecular weight is 375 g/mol. The molecule has 0 unspecified atom stereocenters. The van der Waals surface area contributed by atoms with Crippen LogP contribution in [0.15, 0.2) is 24.3 Å². The average Bonchev–Trinajstić information content (AvgIpc) is 2.94. The summed E-state index contributed by atoms with van der Waals surface area (Å²) in [6.07, 6.45) is 2.88. The van der Waals surface area contributed by atoms with Gasteiger partial charge in [-0.3, -0.25) is 14.5 Å². The number of amides is 1. The standard InChI is InChI=1S/C21H30FN3O2/c1-20(2,3)25-15-23-19(27)21(25)10-13-24(14-11-21)12-4-5-18(26)16-6-8-17(22)9-7-16/h6-9H,4-5,10-15H2,1-3H3,(H,23,27). The lowest BCUT2D eigenvalue weighted by atomic mass is 9.83. The smallest absolute Gasteiger partial charge is 0.241 e. The summed E-state index contributed by atoms with van der Waals surface area (Å²) >= 11 is 0. The Hall–Kier alpha value is -1.79. The SMILES string of the molecule is CC(C)(C)N1CNC(=O)C12CCN(CCCC(=O)c1ccc(F)cc1)CC2. The van der Waals surface area contributed by atoms with Gasteiger partial charge < -0.3 is 10.2 Å². The maximum atomic E-state index is 12.9. The summed E-state index contributed by atoms with van der Waals surface area (Å²) in [7, 11) is 0. The number of halogens is 1. The summed E-state index contributed by atoms with van der Waals surface area (Å²) in [6.45, 7) is 9.66. The molecule has 2 fully saturated rings. The van der Waals surface area contributed by atoms with Gasteiger partial charge >= 0.3 is 0 Å². The fourth-order valence-corrected chi connectivity index (χ4v) is 4.36. The van der Waals surface area contributed by atoms with E-state index in [9.17, 15) is 14.0 Å². The minimum absolute atomic E-state index is 0.0527. The van der Waals surface area contributed by atoms with E-state index in [0.717, 1.165) is 38.9 Å². The first kappa shape index (κ1) is 20.0. The molecular weight excluding hydrogens is 345 g/mol. The lowest BCUT2D eigenvalue weighted by molar-refractivity contribution is -0.131. The molecule has 0 bridgehead atoms. The van der Waals surface area contributed by atoms with Crippen molar-refractivity contribution < 1.29 is 14.0 Å². The molecule has 0 atom stereocenters. The Bertz CT molecular complexity index is 688. The zero-order valence-electron chi connectivity index (χ0n) is 16.6. The van der Waals surface area contributed by atoms with E-state index in [0.29, 0.717) is 18.7 Å². The normalized spacial score (nSPS) is 20.8. The zero-order chi connectivity index (χ0) is 19.7. The number of ketones is 1. The molecule has 1 N–H and O–H groups in total. The lowest BCUT2D eigenvalue weighted by Gasteiger charge is -2.47. The Morgan fingerprint density at radius 2 is 1.81 bits per heavy atom. The monoisotopic (exact) mass is 375 g/mol. The van der Waals surface area contributed by atoms with E-state index in [4.69, 9.17) is 0 Å². The molecule has 1 aromatic rings. The number of carbonyl (C=O) groups is 2. The highest BCUT2D eigenvalue weighted by atomic mass is 19.1. The number of nitrogens with zero attached hydrogens (tertiary/aromatic N) is 2. The number of benzene rings is 1. The maximum Gasteiger partial charge on any atom is 0.241 e. The highest BCUT2D eigenvalue weighted by Crippen LogP contribution is 2.37. The molecule has 0 aromatic heterocycles. The molecule has 1 spiro atoms. The van der Waals surface area contributed by atoms with Gasteiger partial charge in [0.25, 0.3) is 0 Å². The Morgan fingerprint density at radius 3 is 2.41 bits per heavy atom. The van der Waals surface area contributed by atoms with Gasteiger partial charge in [-0.1, -0.05) is 0 Å². The zero-order valence-corrected chi connectivity index (χ0v) is 16.6. The van der Waals surface area contributed by atoms with Crippen molar-refractivity contribution >= 4 is 11.7 Å². The Morgan fingerprint density at radius 1 is 1.19 bits per heavy atom. The Kier molecular flexibility index (Phi) is 5.68. The molecular formula is C21H30FN3O2. The molecule has 1 aromatic carbocycles. The van der Waals surface area contributed by atoms with E-state index in [1.807, 2.05) is 0 Å². The van der Waals surface area contributed by atoms with Crippen LogP contribution in [0.4, 0.5) is 4.39 Å². The van der Waals surface area contributed by atoms with Gasteiger partial charge in [0.2, 0.25) is 5.91 Å². The third-order valence-corrected chi connectivity index (χ3v) is 5.87. The molecule has 148 valence electrons. The van der Waals surface area contributed by atoms with Crippen molar-refractivity contribution in [2.24, 2.45) is 0 Å². The van der Waals surface area contributed by atoms with Crippen molar-refractivity contribution in [2.75, 3.05) is 26.3 Å². The van der Waals surface area contributed by atoms with Gasteiger partial charge in [-0.05, 0) is 70.8 Å². The van der Waals surface area contributed by atoms with Crippen LogP contribution in [0.5, 0.6) is 0 Å². The highest BCUT2D eigenvalue weighted by Gasteiger charge is 2.53. The van der Waals surface area contributed by atoms with Gasteiger partial charge in [0.05, 0.1) is 6.67 Å². The van der Waals surface area contributed by atoms with Crippen molar-refractivity contribution in [3.8, 4) is 0 Å². The molecule has 2 aliphatic rings. The van der Waals surface area contributed by atoms with Gasteiger partial charge in [0.1, 0.15) is 11.4 Å². The van der Waals surface area contributed by atoms with Gasteiger partial charge in [0, 0.05) is 30.6 Å². The summed E-state index contributed by atoms with van der Waals surface area (Å²) in [6, 6.07) is 5.74. The molecule has 0 aliphatic carbocycles. The first-order valence-corrected chi connectivity index (χ1v) is 9.79. The first-order valence-electron chi connectivity index (χ1n) is 9.79. The van der Waals surface area contributed by atoms with Crippen LogP contribution in [0.1, 0.15) is 56.8 Å². The van der Waals surface area contributed by atoms with Crippen LogP contribution in [-0.4, -0.2) is 58.9 Å². The predicted molar refractivity (Wildman–Crippen MR) is 103 cm³/mol. The summed E-state index contributed by atoms with van der Waals surface area (Å²) in [5.41, 5.74) is 0.124. The lowest BCUT2D eigenvalue weighted by Crippen LogP contribution is -2.60. The topological polar surface area (TPSA) is 52.7 Å². The van der Waals surface area contributed by atoms with Crippen molar-refractivity contribution in [1.29, 1.82) is 0 Å². The molecule has 27 heavy (non-hydrogen) atoms. The van der Waals surface area contributed by atoms with Gasteiger partial charge in [-0.25, -0.2) is 4.39 Å². The maximum absolute atomic E-state index is 12.9. The third-order valence-electron chi connectivity index (χ3n) is 5.87. The molecule has 2 saturated heterocycles. The number of hydrogen-bond acceptors (Lipinski definition) is 4. The number of Topliss-reactive ketones (excluding diaryl/α,β-unsaturated/α-hetero) is 1. The summed E-state index contributed by atoms with van der Waals surface area (Å²) in [4.78, 5) is 29.4. The highest BCUT2D eigenvalue weighted by molar-refractivity contribution is 5.96. The van der Waals surface area contributed by atoms with Gasteiger partial charge in [0.15, 0.2) is 5.78 Å². The Balaban J connectivity index is 1.49. The second kappa shape index (κ2) is 7.68. The summed E-state index contributed by atoms with van der Waals surface area (Å²) in [5.74, 6) is -0.116. The largest absolute Gasteiger partial charge is 0.342 e. The van der Waals surface area contributed by atoms with E-state index >= 15 is 0 Å². The number of likely N-dealkylation sites (tertiary alicyclic amines) is 1. The summed E-state index contributed by atoms with van der Waals surface area (Å²) < 4.78 is 12.9. The van der Waals surface area contributed by atoms with E-state index in [2.05, 4.69) is 35.9 Å².